The van der Waals surface area contributed by atoms with Gasteiger partial charge in [0.1, 0.15) is 11.1 Å². The molecule has 1 unspecified atom stereocenters. The molecule has 0 saturated carbocycles. The molecule has 3 rings (SSSR count). The van der Waals surface area contributed by atoms with Crippen molar-refractivity contribution in [2.45, 2.75) is 45.4 Å². The molecule has 1 fully saturated rings. The number of aryl methyl sites for hydroxylation is 1. The normalized spacial score (nSPS) is 23.8. The van der Waals surface area contributed by atoms with Gasteiger partial charge in [-0.15, -0.1) is 11.3 Å². The number of carbonyl (C=O) groups is 1. The van der Waals surface area contributed by atoms with Crippen LogP contribution in [0.3, 0.4) is 0 Å². The number of amides is 1. The zero-order chi connectivity index (χ0) is 14.9. The third kappa shape index (κ3) is 2.47. The molecule has 2 aliphatic rings. The number of hydrogen-bond acceptors (Lipinski definition) is 4. The first-order valence-electron chi connectivity index (χ1n) is 7.77. The fourth-order valence-corrected chi connectivity index (χ4v) is 4.82. The summed E-state index contributed by atoms with van der Waals surface area (Å²) in [5.74, 6) is 0.0887. The Bertz CT molecular complexity index is 593. The molecule has 0 aromatic carbocycles. The van der Waals surface area contributed by atoms with E-state index in [1.165, 1.54) is 10.4 Å². The van der Waals surface area contributed by atoms with Crippen molar-refractivity contribution in [3.8, 4) is 6.07 Å². The lowest BCUT2D eigenvalue weighted by molar-refractivity contribution is -0.125. The van der Waals surface area contributed by atoms with E-state index in [9.17, 15) is 10.1 Å². The molecule has 21 heavy (non-hydrogen) atoms. The molecule has 0 spiro atoms. The predicted octanol–water partition coefficient (Wildman–Crippen LogP) is 2.83. The second-order valence-corrected chi connectivity index (χ2v) is 7.19. The van der Waals surface area contributed by atoms with Crippen LogP contribution in [-0.2, 0) is 17.6 Å². The zero-order valence-corrected chi connectivity index (χ0v) is 13.2. The SMILES string of the molecule is CCCC1(C(=O)Nc2sc3c(c2C#N)CCC3)CCNC1. The molecule has 1 aliphatic heterocycles. The maximum absolute atomic E-state index is 12.8. The van der Waals surface area contributed by atoms with Crippen LogP contribution in [0.15, 0.2) is 0 Å². The van der Waals surface area contributed by atoms with Gasteiger partial charge in [0.2, 0.25) is 5.91 Å². The molecule has 1 aliphatic carbocycles. The van der Waals surface area contributed by atoms with Crippen molar-refractivity contribution in [1.29, 1.82) is 5.26 Å². The Morgan fingerprint density at radius 2 is 2.38 bits per heavy atom. The highest BCUT2D eigenvalue weighted by molar-refractivity contribution is 7.16. The van der Waals surface area contributed by atoms with Gasteiger partial charge in [-0.05, 0) is 44.2 Å². The fraction of sp³-hybridized carbons (Fsp3) is 0.625. The van der Waals surface area contributed by atoms with Crippen molar-refractivity contribution in [1.82, 2.24) is 5.32 Å². The molecule has 112 valence electrons. The lowest BCUT2D eigenvalue weighted by atomic mass is 9.81. The largest absolute Gasteiger partial charge is 0.316 e. The van der Waals surface area contributed by atoms with Gasteiger partial charge in [0, 0.05) is 11.4 Å². The number of thiophene rings is 1. The summed E-state index contributed by atoms with van der Waals surface area (Å²) >= 11 is 1.60. The summed E-state index contributed by atoms with van der Waals surface area (Å²) in [7, 11) is 0. The maximum atomic E-state index is 12.8. The van der Waals surface area contributed by atoms with Gasteiger partial charge >= 0.3 is 0 Å². The Balaban J connectivity index is 1.83. The quantitative estimate of drug-likeness (QED) is 0.899. The minimum absolute atomic E-state index is 0.0887. The highest BCUT2D eigenvalue weighted by atomic mass is 32.1. The van der Waals surface area contributed by atoms with E-state index in [2.05, 4.69) is 23.6 Å². The summed E-state index contributed by atoms with van der Waals surface area (Å²) in [5.41, 5.74) is 1.58. The summed E-state index contributed by atoms with van der Waals surface area (Å²) in [4.78, 5) is 14.1. The third-order valence-electron chi connectivity index (χ3n) is 4.71. The van der Waals surface area contributed by atoms with E-state index in [0.29, 0.717) is 5.56 Å². The number of nitriles is 1. The molecule has 1 saturated heterocycles. The summed E-state index contributed by atoms with van der Waals surface area (Å²) < 4.78 is 0. The van der Waals surface area contributed by atoms with Crippen LogP contribution in [0.2, 0.25) is 0 Å². The molecule has 1 atom stereocenters. The Morgan fingerprint density at radius 1 is 1.52 bits per heavy atom. The van der Waals surface area contributed by atoms with E-state index < -0.39 is 0 Å². The van der Waals surface area contributed by atoms with Gasteiger partial charge in [-0.2, -0.15) is 5.26 Å². The molecule has 0 bridgehead atoms. The molecule has 2 N–H and O–H groups in total. The molecule has 1 aromatic heterocycles. The number of nitrogens with one attached hydrogen (secondary N) is 2. The minimum atomic E-state index is -0.296. The van der Waals surface area contributed by atoms with Gasteiger partial charge in [0.25, 0.3) is 0 Å². The minimum Gasteiger partial charge on any atom is -0.316 e. The van der Waals surface area contributed by atoms with Gasteiger partial charge < -0.3 is 10.6 Å². The van der Waals surface area contributed by atoms with Crippen LogP contribution in [0.1, 0.15) is 48.6 Å². The summed E-state index contributed by atoms with van der Waals surface area (Å²) in [6.45, 7) is 3.77. The number of nitrogens with zero attached hydrogens (tertiary/aromatic N) is 1. The Hall–Kier alpha value is -1.38. The smallest absolute Gasteiger partial charge is 0.232 e. The molecule has 2 heterocycles. The average molecular weight is 303 g/mol. The molecular weight excluding hydrogens is 282 g/mol. The van der Waals surface area contributed by atoms with Crippen molar-refractivity contribution >= 4 is 22.2 Å². The number of hydrogen-bond donors (Lipinski definition) is 2. The number of anilines is 1. The molecule has 4 nitrogen and oxygen atoms in total. The number of rotatable bonds is 4. The third-order valence-corrected chi connectivity index (χ3v) is 5.92. The van der Waals surface area contributed by atoms with Crippen molar-refractivity contribution in [2.24, 2.45) is 5.41 Å². The number of fused-ring (bicyclic) bond motifs is 1. The Morgan fingerprint density at radius 3 is 3.05 bits per heavy atom. The fourth-order valence-electron chi connectivity index (χ4n) is 3.59. The van der Waals surface area contributed by atoms with Gasteiger partial charge in [0.15, 0.2) is 0 Å². The lowest BCUT2D eigenvalue weighted by Gasteiger charge is -2.26. The molecular formula is C16H21N3OS. The van der Waals surface area contributed by atoms with Gasteiger partial charge in [-0.1, -0.05) is 13.3 Å². The van der Waals surface area contributed by atoms with Crippen molar-refractivity contribution in [3.63, 3.8) is 0 Å². The Labute approximate surface area is 129 Å². The van der Waals surface area contributed by atoms with E-state index in [4.69, 9.17) is 0 Å². The molecule has 1 amide bonds. The topological polar surface area (TPSA) is 64.9 Å². The van der Waals surface area contributed by atoms with Gasteiger partial charge in [-0.25, -0.2) is 0 Å². The average Bonchev–Trinajstić information content (AvgIpc) is 3.15. The van der Waals surface area contributed by atoms with Crippen LogP contribution < -0.4 is 10.6 Å². The van der Waals surface area contributed by atoms with Crippen molar-refractivity contribution in [2.75, 3.05) is 18.4 Å². The van der Waals surface area contributed by atoms with E-state index in [0.717, 1.165) is 56.6 Å². The van der Waals surface area contributed by atoms with E-state index in [1.54, 1.807) is 11.3 Å². The highest BCUT2D eigenvalue weighted by Crippen LogP contribution is 2.40. The summed E-state index contributed by atoms with van der Waals surface area (Å²) in [6.07, 6.45) is 5.95. The van der Waals surface area contributed by atoms with Crippen LogP contribution in [0.5, 0.6) is 0 Å². The van der Waals surface area contributed by atoms with E-state index >= 15 is 0 Å². The first kappa shape index (κ1) is 14.6. The second kappa shape index (κ2) is 5.78. The van der Waals surface area contributed by atoms with Crippen molar-refractivity contribution in [3.05, 3.63) is 16.0 Å². The van der Waals surface area contributed by atoms with Gasteiger partial charge in [0.05, 0.1) is 11.0 Å². The van der Waals surface area contributed by atoms with Crippen LogP contribution in [0.4, 0.5) is 5.00 Å². The lowest BCUT2D eigenvalue weighted by Crippen LogP contribution is -2.38. The van der Waals surface area contributed by atoms with Gasteiger partial charge in [-0.3, -0.25) is 4.79 Å². The summed E-state index contributed by atoms with van der Waals surface area (Å²) in [6, 6.07) is 2.30. The predicted molar refractivity (Wildman–Crippen MR) is 84.5 cm³/mol. The van der Waals surface area contributed by atoms with E-state index in [-0.39, 0.29) is 11.3 Å². The molecule has 1 aromatic rings. The maximum Gasteiger partial charge on any atom is 0.232 e. The van der Waals surface area contributed by atoms with Crippen LogP contribution in [-0.4, -0.2) is 19.0 Å². The molecule has 5 heteroatoms. The first-order valence-corrected chi connectivity index (χ1v) is 8.58. The summed E-state index contributed by atoms with van der Waals surface area (Å²) in [5, 5.41) is 16.6. The highest BCUT2D eigenvalue weighted by Gasteiger charge is 2.40. The van der Waals surface area contributed by atoms with Crippen LogP contribution in [0, 0.1) is 16.7 Å². The van der Waals surface area contributed by atoms with Crippen LogP contribution >= 0.6 is 11.3 Å². The molecule has 0 radical (unpaired) electrons. The second-order valence-electron chi connectivity index (χ2n) is 6.08. The number of carbonyl (C=O) groups excluding carboxylic acids is 1. The standard InChI is InChI=1S/C16H21N3OS/c1-2-6-16(7-8-18-10-16)15(20)19-14-12(9-17)11-4-3-5-13(11)21-14/h18H,2-8,10H2,1H3,(H,19,20). The van der Waals surface area contributed by atoms with E-state index in [1.807, 2.05) is 0 Å². The zero-order valence-electron chi connectivity index (χ0n) is 12.4. The van der Waals surface area contributed by atoms with Crippen LogP contribution in [0.25, 0.3) is 0 Å². The van der Waals surface area contributed by atoms with Crippen molar-refractivity contribution < 1.29 is 4.79 Å². The first-order chi connectivity index (χ1) is 10.2. The Kier molecular flexibility index (Phi) is 4.01. The monoisotopic (exact) mass is 303 g/mol.